The van der Waals surface area contributed by atoms with Crippen LogP contribution in [-0.4, -0.2) is 18.1 Å². The van der Waals surface area contributed by atoms with Crippen LogP contribution in [-0.2, 0) is 4.79 Å². The molecule has 0 aliphatic heterocycles. The third kappa shape index (κ3) is 4.93. The quantitative estimate of drug-likeness (QED) is 0.855. The summed E-state index contributed by atoms with van der Waals surface area (Å²) in [6.07, 6.45) is 0.230. The van der Waals surface area contributed by atoms with E-state index in [1.54, 1.807) is 0 Å². The highest BCUT2D eigenvalue weighted by Gasteiger charge is 2.21. The SMILES string of the molecule is CC[C@H](Oc1cccc(C)c1)C(=O)N[C@H](C)C(C)C. The fourth-order valence-electron chi connectivity index (χ4n) is 1.66. The molecule has 19 heavy (non-hydrogen) atoms. The van der Waals surface area contributed by atoms with E-state index < -0.39 is 6.10 Å². The minimum Gasteiger partial charge on any atom is -0.481 e. The van der Waals surface area contributed by atoms with Crippen LogP contribution in [0, 0.1) is 12.8 Å². The third-order valence-electron chi connectivity index (χ3n) is 3.30. The maximum Gasteiger partial charge on any atom is 0.261 e. The molecule has 3 heteroatoms. The molecule has 0 aromatic heterocycles. The summed E-state index contributed by atoms with van der Waals surface area (Å²) in [4.78, 5) is 12.1. The second kappa shape index (κ2) is 7.17. The van der Waals surface area contributed by atoms with Gasteiger partial charge in [-0.05, 0) is 43.9 Å². The lowest BCUT2D eigenvalue weighted by molar-refractivity contribution is -0.129. The number of aryl methyl sites for hydroxylation is 1. The van der Waals surface area contributed by atoms with Gasteiger partial charge in [-0.1, -0.05) is 32.9 Å². The zero-order chi connectivity index (χ0) is 14.4. The minimum atomic E-state index is -0.428. The molecule has 1 aromatic rings. The predicted octanol–water partition coefficient (Wildman–Crippen LogP) is 3.31. The van der Waals surface area contributed by atoms with Crippen molar-refractivity contribution in [2.24, 2.45) is 5.92 Å². The smallest absolute Gasteiger partial charge is 0.261 e. The molecule has 0 spiro atoms. The molecule has 1 amide bonds. The van der Waals surface area contributed by atoms with Crippen LogP contribution in [0.1, 0.15) is 39.7 Å². The maximum absolute atomic E-state index is 12.1. The Hall–Kier alpha value is -1.51. The van der Waals surface area contributed by atoms with Crippen LogP contribution < -0.4 is 10.1 Å². The molecule has 0 saturated heterocycles. The van der Waals surface area contributed by atoms with E-state index in [-0.39, 0.29) is 11.9 Å². The fraction of sp³-hybridized carbons (Fsp3) is 0.562. The van der Waals surface area contributed by atoms with Crippen LogP contribution in [0.5, 0.6) is 5.75 Å². The zero-order valence-corrected chi connectivity index (χ0v) is 12.6. The number of nitrogens with one attached hydrogen (secondary N) is 1. The Labute approximate surface area is 116 Å². The van der Waals surface area contributed by atoms with Crippen LogP contribution >= 0.6 is 0 Å². The number of hydrogen-bond acceptors (Lipinski definition) is 2. The van der Waals surface area contributed by atoms with Gasteiger partial charge < -0.3 is 10.1 Å². The molecule has 1 aromatic carbocycles. The molecule has 2 atom stereocenters. The summed E-state index contributed by atoms with van der Waals surface area (Å²) in [5, 5.41) is 3.00. The van der Waals surface area contributed by atoms with E-state index in [9.17, 15) is 4.79 Å². The summed E-state index contributed by atoms with van der Waals surface area (Å²) in [7, 11) is 0. The standard InChI is InChI=1S/C16H25NO2/c1-6-15(16(18)17-13(5)11(2)3)19-14-9-7-8-12(4)10-14/h7-11,13,15H,6H2,1-5H3,(H,17,18)/t13-,15+/m1/s1. The average molecular weight is 263 g/mol. The van der Waals surface area contributed by atoms with Crippen LogP contribution in [0.2, 0.25) is 0 Å². The predicted molar refractivity (Wildman–Crippen MR) is 78.3 cm³/mol. The van der Waals surface area contributed by atoms with Gasteiger partial charge in [0.15, 0.2) is 6.10 Å². The highest BCUT2D eigenvalue weighted by atomic mass is 16.5. The lowest BCUT2D eigenvalue weighted by Crippen LogP contribution is -2.44. The molecule has 0 aliphatic carbocycles. The van der Waals surface area contributed by atoms with Gasteiger partial charge in [0.2, 0.25) is 0 Å². The molecule has 1 rings (SSSR count). The molecular weight excluding hydrogens is 238 g/mol. The van der Waals surface area contributed by atoms with Gasteiger partial charge in [0, 0.05) is 6.04 Å². The second-order valence-corrected chi connectivity index (χ2v) is 5.37. The monoisotopic (exact) mass is 263 g/mol. The maximum atomic E-state index is 12.1. The average Bonchev–Trinajstić information content (AvgIpc) is 2.35. The van der Waals surface area contributed by atoms with Crippen LogP contribution in [0.25, 0.3) is 0 Å². The molecular formula is C16H25NO2. The van der Waals surface area contributed by atoms with Crippen molar-refractivity contribution in [3.8, 4) is 5.75 Å². The zero-order valence-electron chi connectivity index (χ0n) is 12.6. The highest BCUT2D eigenvalue weighted by molar-refractivity contribution is 5.81. The van der Waals surface area contributed by atoms with Crippen molar-refractivity contribution in [3.63, 3.8) is 0 Å². The van der Waals surface area contributed by atoms with Gasteiger partial charge in [0.05, 0.1) is 0 Å². The van der Waals surface area contributed by atoms with Crippen LogP contribution in [0.4, 0.5) is 0 Å². The van der Waals surface area contributed by atoms with Gasteiger partial charge in [-0.15, -0.1) is 0 Å². The lowest BCUT2D eigenvalue weighted by Gasteiger charge is -2.22. The number of hydrogen-bond donors (Lipinski definition) is 1. The first kappa shape index (κ1) is 15.5. The fourth-order valence-corrected chi connectivity index (χ4v) is 1.66. The molecule has 0 fully saturated rings. The van der Waals surface area contributed by atoms with Gasteiger partial charge in [-0.3, -0.25) is 4.79 Å². The molecule has 3 nitrogen and oxygen atoms in total. The summed E-state index contributed by atoms with van der Waals surface area (Å²) in [5.41, 5.74) is 1.13. The molecule has 1 N–H and O–H groups in total. The van der Waals surface area contributed by atoms with E-state index in [2.05, 4.69) is 19.2 Å². The first-order valence-corrected chi connectivity index (χ1v) is 6.97. The first-order valence-electron chi connectivity index (χ1n) is 6.97. The van der Waals surface area contributed by atoms with Gasteiger partial charge >= 0.3 is 0 Å². The number of rotatable bonds is 6. The summed E-state index contributed by atoms with van der Waals surface area (Å²) in [6.45, 7) is 10.2. The number of carbonyl (C=O) groups excluding carboxylic acids is 1. The van der Waals surface area contributed by atoms with Crippen LogP contribution in [0.15, 0.2) is 24.3 Å². The number of benzene rings is 1. The first-order chi connectivity index (χ1) is 8.93. The molecule has 0 radical (unpaired) electrons. The van der Waals surface area contributed by atoms with Crippen molar-refractivity contribution < 1.29 is 9.53 Å². The topological polar surface area (TPSA) is 38.3 Å². The Balaban J connectivity index is 2.65. The highest BCUT2D eigenvalue weighted by Crippen LogP contribution is 2.15. The lowest BCUT2D eigenvalue weighted by atomic mass is 10.1. The second-order valence-electron chi connectivity index (χ2n) is 5.37. The number of ether oxygens (including phenoxy) is 1. The number of amides is 1. The van der Waals surface area contributed by atoms with Gasteiger partial charge in [-0.2, -0.15) is 0 Å². The molecule has 0 unspecified atom stereocenters. The molecule has 0 saturated carbocycles. The number of carbonyl (C=O) groups is 1. The molecule has 0 bridgehead atoms. The van der Waals surface area contributed by atoms with Crippen molar-refractivity contribution in [1.82, 2.24) is 5.32 Å². The van der Waals surface area contributed by atoms with Crippen LogP contribution in [0.3, 0.4) is 0 Å². The Kier molecular flexibility index (Phi) is 5.87. The van der Waals surface area contributed by atoms with Crippen molar-refractivity contribution >= 4 is 5.91 Å². The summed E-state index contributed by atoms with van der Waals surface area (Å²) >= 11 is 0. The Bertz CT molecular complexity index is 415. The Morgan fingerprint density at radius 3 is 2.53 bits per heavy atom. The summed E-state index contributed by atoms with van der Waals surface area (Å²) in [5.74, 6) is 1.13. The Morgan fingerprint density at radius 1 is 1.32 bits per heavy atom. The third-order valence-corrected chi connectivity index (χ3v) is 3.30. The van der Waals surface area contributed by atoms with Gasteiger partial charge in [-0.25, -0.2) is 0 Å². The van der Waals surface area contributed by atoms with E-state index in [1.165, 1.54) is 0 Å². The minimum absolute atomic E-state index is 0.0368. The normalized spacial score (nSPS) is 14.0. The van der Waals surface area contributed by atoms with Crippen molar-refractivity contribution in [1.29, 1.82) is 0 Å². The van der Waals surface area contributed by atoms with E-state index in [0.29, 0.717) is 12.3 Å². The van der Waals surface area contributed by atoms with Crippen molar-refractivity contribution in [2.45, 2.75) is 53.2 Å². The van der Waals surface area contributed by atoms with Gasteiger partial charge in [0.25, 0.3) is 5.91 Å². The summed E-state index contributed by atoms with van der Waals surface area (Å²) in [6, 6.07) is 7.93. The van der Waals surface area contributed by atoms with E-state index >= 15 is 0 Å². The molecule has 0 heterocycles. The summed E-state index contributed by atoms with van der Waals surface area (Å²) < 4.78 is 5.77. The van der Waals surface area contributed by atoms with E-state index in [0.717, 1.165) is 11.3 Å². The van der Waals surface area contributed by atoms with Crippen molar-refractivity contribution in [2.75, 3.05) is 0 Å². The van der Waals surface area contributed by atoms with E-state index in [4.69, 9.17) is 4.74 Å². The molecule has 106 valence electrons. The molecule has 0 aliphatic rings. The van der Waals surface area contributed by atoms with Gasteiger partial charge in [0.1, 0.15) is 5.75 Å². The largest absolute Gasteiger partial charge is 0.481 e. The van der Waals surface area contributed by atoms with E-state index in [1.807, 2.05) is 45.0 Å². The Morgan fingerprint density at radius 2 is 2.00 bits per heavy atom. The van der Waals surface area contributed by atoms with Crippen molar-refractivity contribution in [3.05, 3.63) is 29.8 Å².